The zero-order valence-corrected chi connectivity index (χ0v) is 15.0. The van der Waals surface area contributed by atoms with Crippen molar-refractivity contribution in [2.24, 2.45) is 17.6 Å². The molecule has 4 N–H and O–H groups in total. The van der Waals surface area contributed by atoms with Gasteiger partial charge in [0.05, 0.1) is 0 Å². The van der Waals surface area contributed by atoms with Gasteiger partial charge in [-0.05, 0) is 36.1 Å². The standard InChI is InChI=1S/C18H29N3O3/c1-12(2)11-16(22)21-17(13(3)4)18(23)20-14-5-7-15(8-6-14)24-10-9-19/h5-8,12-13,17H,9-11,19H2,1-4H3,(H,20,23)(H,21,22). The van der Waals surface area contributed by atoms with E-state index in [2.05, 4.69) is 10.6 Å². The molecule has 1 unspecified atom stereocenters. The summed E-state index contributed by atoms with van der Waals surface area (Å²) in [6.07, 6.45) is 0.406. The topological polar surface area (TPSA) is 93.5 Å². The molecule has 6 heteroatoms. The van der Waals surface area contributed by atoms with Gasteiger partial charge in [0.2, 0.25) is 11.8 Å². The average Bonchev–Trinajstić information content (AvgIpc) is 2.51. The van der Waals surface area contributed by atoms with E-state index in [1.54, 1.807) is 24.3 Å². The maximum absolute atomic E-state index is 12.5. The average molecular weight is 335 g/mol. The highest BCUT2D eigenvalue weighted by molar-refractivity contribution is 5.97. The first-order chi connectivity index (χ1) is 11.3. The van der Waals surface area contributed by atoms with Gasteiger partial charge in [-0.3, -0.25) is 9.59 Å². The monoisotopic (exact) mass is 335 g/mol. The Bertz CT molecular complexity index is 527. The predicted molar refractivity (Wildman–Crippen MR) is 95.8 cm³/mol. The van der Waals surface area contributed by atoms with Gasteiger partial charge in [0, 0.05) is 18.7 Å². The Morgan fingerprint density at radius 1 is 1.12 bits per heavy atom. The lowest BCUT2D eigenvalue weighted by Crippen LogP contribution is -2.47. The van der Waals surface area contributed by atoms with E-state index in [1.165, 1.54) is 0 Å². The SMILES string of the molecule is CC(C)CC(=O)NC(C(=O)Nc1ccc(OCCN)cc1)C(C)C. The van der Waals surface area contributed by atoms with E-state index < -0.39 is 6.04 Å². The molecule has 0 bridgehead atoms. The van der Waals surface area contributed by atoms with E-state index in [0.717, 1.165) is 0 Å². The summed E-state index contributed by atoms with van der Waals surface area (Å²) >= 11 is 0. The van der Waals surface area contributed by atoms with Crippen molar-refractivity contribution in [3.8, 4) is 5.75 Å². The van der Waals surface area contributed by atoms with Crippen molar-refractivity contribution in [1.82, 2.24) is 5.32 Å². The van der Waals surface area contributed by atoms with Crippen LogP contribution < -0.4 is 21.1 Å². The van der Waals surface area contributed by atoms with E-state index in [0.29, 0.717) is 31.0 Å². The van der Waals surface area contributed by atoms with Gasteiger partial charge in [-0.1, -0.05) is 27.7 Å². The Morgan fingerprint density at radius 2 is 1.75 bits per heavy atom. The van der Waals surface area contributed by atoms with E-state index in [-0.39, 0.29) is 23.7 Å². The molecule has 2 amide bonds. The zero-order chi connectivity index (χ0) is 18.1. The molecule has 1 aromatic carbocycles. The highest BCUT2D eigenvalue weighted by Crippen LogP contribution is 2.16. The number of nitrogens with one attached hydrogen (secondary N) is 2. The third-order valence-electron chi connectivity index (χ3n) is 3.37. The second-order valence-corrected chi connectivity index (χ2v) is 6.54. The molecule has 0 aliphatic rings. The highest BCUT2D eigenvalue weighted by Gasteiger charge is 2.24. The molecule has 0 spiro atoms. The molecule has 0 aliphatic heterocycles. The number of carbonyl (C=O) groups is 2. The summed E-state index contributed by atoms with van der Waals surface area (Å²) < 4.78 is 5.40. The largest absolute Gasteiger partial charge is 0.492 e. The van der Waals surface area contributed by atoms with Crippen LogP contribution in [-0.2, 0) is 9.59 Å². The summed E-state index contributed by atoms with van der Waals surface area (Å²) in [5.41, 5.74) is 6.04. The Labute approximate surface area is 144 Å². The highest BCUT2D eigenvalue weighted by atomic mass is 16.5. The van der Waals surface area contributed by atoms with Crippen LogP contribution in [0.5, 0.6) is 5.75 Å². The van der Waals surface area contributed by atoms with Crippen molar-refractivity contribution < 1.29 is 14.3 Å². The van der Waals surface area contributed by atoms with Gasteiger partial charge in [-0.15, -0.1) is 0 Å². The number of rotatable bonds is 9. The van der Waals surface area contributed by atoms with Crippen LogP contribution in [0.4, 0.5) is 5.69 Å². The van der Waals surface area contributed by atoms with Crippen LogP contribution in [0.25, 0.3) is 0 Å². The quantitative estimate of drug-likeness (QED) is 0.644. The van der Waals surface area contributed by atoms with E-state index in [4.69, 9.17) is 10.5 Å². The lowest BCUT2D eigenvalue weighted by Gasteiger charge is -2.22. The van der Waals surface area contributed by atoms with Crippen LogP contribution in [0.3, 0.4) is 0 Å². The van der Waals surface area contributed by atoms with Gasteiger partial charge in [-0.25, -0.2) is 0 Å². The predicted octanol–water partition coefficient (Wildman–Crippen LogP) is 2.15. The normalized spacial score (nSPS) is 12.1. The summed E-state index contributed by atoms with van der Waals surface area (Å²) in [6.45, 7) is 8.65. The molecule has 0 radical (unpaired) electrons. The van der Waals surface area contributed by atoms with Gasteiger partial charge in [0.25, 0.3) is 0 Å². The van der Waals surface area contributed by atoms with Crippen LogP contribution in [-0.4, -0.2) is 31.0 Å². The molecule has 0 heterocycles. The third kappa shape index (κ3) is 7.00. The van der Waals surface area contributed by atoms with Crippen LogP contribution in [0.15, 0.2) is 24.3 Å². The van der Waals surface area contributed by atoms with E-state index in [1.807, 2.05) is 27.7 Å². The maximum Gasteiger partial charge on any atom is 0.247 e. The molecule has 0 saturated heterocycles. The summed E-state index contributed by atoms with van der Waals surface area (Å²) in [6, 6.07) is 6.50. The minimum atomic E-state index is -0.565. The van der Waals surface area contributed by atoms with Gasteiger partial charge >= 0.3 is 0 Å². The van der Waals surface area contributed by atoms with Gasteiger partial charge < -0.3 is 21.1 Å². The van der Waals surface area contributed by atoms with E-state index >= 15 is 0 Å². The number of carbonyl (C=O) groups excluding carboxylic acids is 2. The molecule has 134 valence electrons. The molecule has 1 aromatic rings. The molecule has 0 fully saturated rings. The molecular formula is C18H29N3O3. The molecular weight excluding hydrogens is 306 g/mol. The fourth-order valence-electron chi connectivity index (χ4n) is 2.17. The molecule has 0 aliphatic carbocycles. The van der Waals surface area contributed by atoms with E-state index in [9.17, 15) is 9.59 Å². The zero-order valence-electron chi connectivity index (χ0n) is 15.0. The third-order valence-corrected chi connectivity index (χ3v) is 3.37. The summed E-state index contributed by atoms with van der Waals surface area (Å²) in [4.78, 5) is 24.4. The minimum Gasteiger partial charge on any atom is -0.492 e. The van der Waals surface area contributed by atoms with Crippen molar-refractivity contribution in [3.05, 3.63) is 24.3 Å². The Balaban J connectivity index is 2.66. The number of anilines is 1. The number of ether oxygens (including phenoxy) is 1. The van der Waals surface area contributed by atoms with Gasteiger partial charge in [-0.2, -0.15) is 0 Å². The number of nitrogens with two attached hydrogens (primary N) is 1. The molecule has 24 heavy (non-hydrogen) atoms. The molecule has 6 nitrogen and oxygen atoms in total. The Kier molecular flexibility index (Phi) is 8.26. The van der Waals surface area contributed by atoms with Crippen molar-refractivity contribution in [3.63, 3.8) is 0 Å². The lowest BCUT2D eigenvalue weighted by molar-refractivity contribution is -0.127. The number of hydrogen-bond acceptors (Lipinski definition) is 4. The van der Waals surface area contributed by atoms with Crippen molar-refractivity contribution in [2.45, 2.75) is 40.2 Å². The van der Waals surface area contributed by atoms with Crippen LogP contribution in [0, 0.1) is 11.8 Å². The number of hydrogen-bond donors (Lipinski definition) is 3. The van der Waals surface area contributed by atoms with Gasteiger partial charge in [0.1, 0.15) is 18.4 Å². The number of amides is 2. The van der Waals surface area contributed by atoms with Gasteiger partial charge in [0.15, 0.2) is 0 Å². The van der Waals surface area contributed by atoms with Crippen molar-refractivity contribution in [1.29, 1.82) is 0 Å². The second kappa shape index (κ2) is 9.93. The molecule has 1 atom stereocenters. The van der Waals surface area contributed by atoms with Crippen LogP contribution >= 0.6 is 0 Å². The summed E-state index contributed by atoms with van der Waals surface area (Å²) in [7, 11) is 0. The van der Waals surface area contributed by atoms with Crippen LogP contribution in [0.1, 0.15) is 34.1 Å². The first-order valence-electron chi connectivity index (χ1n) is 8.36. The summed E-state index contributed by atoms with van der Waals surface area (Å²) in [5, 5.41) is 5.65. The first-order valence-corrected chi connectivity index (χ1v) is 8.36. The van der Waals surface area contributed by atoms with Crippen molar-refractivity contribution in [2.75, 3.05) is 18.5 Å². The lowest BCUT2D eigenvalue weighted by atomic mass is 10.0. The fourth-order valence-corrected chi connectivity index (χ4v) is 2.17. The molecule has 0 aromatic heterocycles. The number of benzene rings is 1. The summed E-state index contributed by atoms with van der Waals surface area (Å²) in [5.74, 6) is 0.612. The smallest absolute Gasteiger partial charge is 0.247 e. The minimum absolute atomic E-state index is 0.00623. The molecule has 0 saturated carbocycles. The van der Waals surface area contributed by atoms with Crippen LogP contribution in [0.2, 0.25) is 0 Å². The Morgan fingerprint density at radius 3 is 2.25 bits per heavy atom. The fraction of sp³-hybridized carbons (Fsp3) is 0.556. The van der Waals surface area contributed by atoms with Crippen molar-refractivity contribution >= 4 is 17.5 Å². The maximum atomic E-state index is 12.5. The first kappa shape index (κ1) is 20.0. The second-order valence-electron chi connectivity index (χ2n) is 6.54. The molecule has 1 rings (SSSR count). The Hall–Kier alpha value is -2.08.